The van der Waals surface area contributed by atoms with Crippen LogP contribution in [0.2, 0.25) is 0 Å². The van der Waals surface area contributed by atoms with Gasteiger partial charge in [0.15, 0.2) is 0 Å². The summed E-state index contributed by atoms with van der Waals surface area (Å²) in [4.78, 5) is 25.0. The van der Waals surface area contributed by atoms with Crippen molar-refractivity contribution in [3.05, 3.63) is 64.3 Å². The van der Waals surface area contributed by atoms with Gasteiger partial charge in [-0.3, -0.25) is 9.59 Å². The van der Waals surface area contributed by atoms with Gasteiger partial charge in [0.2, 0.25) is 0 Å². The maximum atomic E-state index is 12.4. The number of amides is 1. The van der Waals surface area contributed by atoms with Crippen molar-refractivity contribution in [2.45, 2.75) is 13.5 Å². The Morgan fingerprint density at radius 2 is 2.09 bits per heavy atom. The summed E-state index contributed by atoms with van der Waals surface area (Å²) in [5.74, 6) is 0.458. The van der Waals surface area contributed by atoms with Crippen molar-refractivity contribution in [1.29, 1.82) is 0 Å². The number of carbonyl (C=O) groups excluding carboxylic acids is 1. The zero-order valence-corrected chi connectivity index (χ0v) is 12.1. The first-order valence-electron chi connectivity index (χ1n) is 7.00. The van der Waals surface area contributed by atoms with Crippen molar-refractivity contribution < 1.29 is 9.21 Å². The summed E-state index contributed by atoms with van der Waals surface area (Å²) in [6.07, 6.45) is 0. The fraction of sp³-hybridized carbons (Fsp3) is 0.188. The van der Waals surface area contributed by atoms with E-state index in [2.05, 4.69) is 10.2 Å². The number of para-hydroxylation sites is 1. The van der Waals surface area contributed by atoms with Crippen LogP contribution >= 0.6 is 0 Å². The van der Waals surface area contributed by atoms with Gasteiger partial charge in [0, 0.05) is 18.0 Å². The zero-order chi connectivity index (χ0) is 15.5. The summed E-state index contributed by atoms with van der Waals surface area (Å²) in [5.41, 5.74) is 0.664. The van der Waals surface area contributed by atoms with Crippen molar-refractivity contribution in [3.8, 4) is 0 Å². The van der Waals surface area contributed by atoms with Crippen molar-refractivity contribution in [1.82, 2.24) is 15.1 Å². The molecule has 0 bridgehead atoms. The highest BCUT2D eigenvalue weighted by Crippen LogP contribution is 2.20. The molecule has 0 aliphatic heterocycles. The maximum absolute atomic E-state index is 12.4. The van der Waals surface area contributed by atoms with Gasteiger partial charge in [0.25, 0.3) is 11.5 Å². The molecule has 22 heavy (non-hydrogen) atoms. The lowest BCUT2D eigenvalue weighted by atomic mass is 10.2. The average Bonchev–Trinajstić information content (AvgIpc) is 2.95. The van der Waals surface area contributed by atoms with E-state index in [0.717, 1.165) is 11.0 Å². The van der Waals surface area contributed by atoms with Crippen molar-refractivity contribution in [3.63, 3.8) is 0 Å². The molecule has 0 unspecified atom stereocenters. The molecule has 3 aromatic rings. The van der Waals surface area contributed by atoms with Gasteiger partial charge in [-0.05, 0) is 25.1 Å². The Kier molecular flexibility index (Phi) is 3.74. The van der Waals surface area contributed by atoms with Crippen LogP contribution in [-0.2, 0) is 6.54 Å². The van der Waals surface area contributed by atoms with E-state index in [9.17, 15) is 9.59 Å². The van der Waals surface area contributed by atoms with E-state index in [1.165, 1.54) is 12.1 Å². The predicted octanol–water partition coefficient (Wildman–Crippen LogP) is 2.18. The topological polar surface area (TPSA) is 79.2 Å². The number of benzene rings is 1. The minimum Gasteiger partial charge on any atom is -0.459 e. The standard InChI is InChI=1S/C16H15N3O3/c1-2-19(16(21)13-7-8-15(20)18-17-13)10-12-9-11-5-3-4-6-14(11)22-12/h3-9H,2,10H2,1H3,(H,18,20). The first-order valence-corrected chi connectivity index (χ1v) is 7.00. The number of nitrogens with one attached hydrogen (secondary N) is 1. The average molecular weight is 297 g/mol. The van der Waals surface area contributed by atoms with E-state index in [1.54, 1.807) is 4.90 Å². The van der Waals surface area contributed by atoms with Gasteiger partial charge in [-0.25, -0.2) is 5.10 Å². The van der Waals surface area contributed by atoms with Crippen LogP contribution in [0.4, 0.5) is 0 Å². The Hall–Kier alpha value is -2.89. The molecule has 1 N–H and O–H groups in total. The van der Waals surface area contributed by atoms with Crippen LogP contribution in [0.25, 0.3) is 11.0 Å². The molecule has 2 heterocycles. The second kappa shape index (κ2) is 5.85. The third kappa shape index (κ3) is 2.76. The van der Waals surface area contributed by atoms with Gasteiger partial charge in [0.05, 0.1) is 6.54 Å². The first kappa shape index (κ1) is 14.1. The second-order valence-corrected chi connectivity index (χ2v) is 4.88. The molecule has 6 nitrogen and oxygen atoms in total. The van der Waals surface area contributed by atoms with E-state index < -0.39 is 0 Å². The van der Waals surface area contributed by atoms with Gasteiger partial charge in [0.1, 0.15) is 17.0 Å². The van der Waals surface area contributed by atoms with Crippen LogP contribution < -0.4 is 5.56 Å². The Bertz CT molecular complexity index is 813. The van der Waals surface area contributed by atoms with E-state index >= 15 is 0 Å². The molecule has 0 spiro atoms. The fourth-order valence-electron chi connectivity index (χ4n) is 2.26. The fourth-order valence-corrected chi connectivity index (χ4v) is 2.26. The summed E-state index contributed by atoms with van der Waals surface area (Å²) in [7, 11) is 0. The van der Waals surface area contributed by atoms with Gasteiger partial charge < -0.3 is 9.32 Å². The molecule has 112 valence electrons. The van der Waals surface area contributed by atoms with Crippen LogP contribution in [-0.4, -0.2) is 27.5 Å². The highest BCUT2D eigenvalue weighted by molar-refractivity contribution is 5.92. The van der Waals surface area contributed by atoms with Crippen LogP contribution in [0.15, 0.2) is 51.7 Å². The number of hydrogen-bond acceptors (Lipinski definition) is 4. The molecule has 1 aromatic carbocycles. The van der Waals surface area contributed by atoms with Crippen molar-refractivity contribution >= 4 is 16.9 Å². The highest BCUT2D eigenvalue weighted by atomic mass is 16.3. The molecule has 6 heteroatoms. The Balaban J connectivity index is 1.83. The molecule has 3 rings (SSSR count). The largest absolute Gasteiger partial charge is 0.459 e. The smallest absolute Gasteiger partial charge is 0.274 e. The molecule has 0 radical (unpaired) electrons. The number of furan rings is 1. The normalized spacial score (nSPS) is 10.8. The summed E-state index contributed by atoms with van der Waals surface area (Å²) in [6.45, 7) is 2.74. The van der Waals surface area contributed by atoms with Crippen molar-refractivity contribution in [2.24, 2.45) is 0 Å². The molecule has 0 saturated carbocycles. The third-order valence-electron chi connectivity index (χ3n) is 3.39. The van der Waals surface area contributed by atoms with Gasteiger partial charge in [-0.15, -0.1) is 0 Å². The van der Waals surface area contributed by atoms with Crippen LogP contribution in [0.3, 0.4) is 0 Å². The monoisotopic (exact) mass is 297 g/mol. The molecule has 1 amide bonds. The number of carbonyl (C=O) groups is 1. The Labute approximate surface area is 126 Å². The minimum atomic E-state index is -0.336. The summed E-state index contributed by atoms with van der Waals surface area (Å²) >= 11 is 0. The number of rotatable bonds is 4. The first-order chi connectivity index (χ1) is 10.7. The lowest BCUT2D eigenvalue weighted by Gasteiger charge is -2.18. The zero-order valence-electron chi connectivity index (χ0n) is 12.1. The molecular weight excluding hydrogens is 282 g/mol. The molecular formula is C16H15N3O3. The number of hydrogen-bond donors (Lipinski definition) is 1. The summed E-state index contributed by atoms with van der Waals surface area (Å²) in [5, 5.41) is 7.04. The Morgan fingerprint density at radius 3 is 2.77 bits per heavy atom. The lowest BCUT2D eigenvalue weighted by molar-refractivity contribution is 0.0735. The summed E-state index contributed by atoms with van der Waals surface area (Å²) in [6, 6.07) is 12.3. The lowest BCUT2D eigenvalue weighted by Crippen LogP contribution is -2.31. The SMILES string of the molecule is CCN(Cc1cc2ccccc2o1)C(=O)c1ccc(=O)[nH]n1. The molecule has 0 aliphatic carbocycles. The van der Waals surface area contributed by atoms with Crippen LogP contribution in [0, 0.1) is 0 Å². The van der Waals surface area contributed by atoms with E-state index in [0.29, 0.717) is 18.8 Å². The minimum absolute atomic E-state index is 0.206. The highest BCUT2D eigenvalue weighted by Gasteiger charge is 2.17. The molecule has 0 atom stereocenters. The predicted molar refractivity (Wildman–Crippen MR) is 81.5 cm³/mol. The number of aromatic amines is 1. The Morgan fingerprint density at radius 1 is 1.27 bits per heavy atom. The number of fused-ring (bicyclic) bond motifs is 1. The number of nitrogens with zero attached hydrogens (tertiary/aromatic N) is 2. The molecule has 0 fully saturated rings. The third-order valence-corrected chi connectivity index (χ3v) is 3.39. The van der Waals surface area contributed by atoms with E-state index in [1.807, 2.05) is 37.3 Å². The second-order valence-electron chi connectivity index (χ2n) is 4.88. The maximum Gasteiger partial charge on any atom is 0.274 e. The quantitative estimate of drug-likeness (QED) is 0.800. The summed E-state index contributed by atoms with van der Waals surface area (Å²) < 4.78 is 5.73. The molecule has 0 saturated heterocycles. The van der Waals surface area contributed by atoms with E-state index in [-0.39, 0.29) is 17.2 Å². The van der Waals surface area contributed by atoms with Gasteiger partial charge >= 0.3 is 0 Å². The molecule has 2 aromatic heterocycles. The van der Waals surface area contributed by atoms with Gasteiger partial charge in [-0.2, -0.15) is 5.10 Å². The van der Waals surface area contributed by atoms with Crippen LogP contribution in [0.1, 0.15) is 23.2 Å². The van der Waals surface area contributed by atoms with Crippen molar-refractivity contribution in [2.75, 3.05) is 6.54 Å². The van der Waals surface area contributed by atoms with Crippen LogP contribution in [0.5, 0.6) is 0 Å². The van der Waals surface area contributed by atoms with E-state index in [4.69, 9.17) is 4.42 Å². The molecule has 0 aliphatic rings. The van der Waals surface area contributed by atoms with Gasteiger partial charge in [-0.1, -0.05) is 18.2 Å². The number of aromatic nitrogens is 2. The number of H-pyrrole nitrogens is 1.